The summed E-state index contributed by atoms with van der Waals surface area (Å²) in [5, 5.41) is 54.4. The molecule has 9 heteroatoms. The minimum absolute atomic E-state index is 0.183. The van der Waals surface area contributed by atoms with Crippen LogP contribution in [-0.2, 0) is 14.3 Å². The zero-order chi connectivity index (χ0) is 45.9. The lowest BCUT2D eigenvalue weighted by atomic mass is 9.99. The molecule has 0 aliphatic carbocycles. The molecule has 1 aliphatic rings. The van der Waals surface area contributed by atoms with Gasteiger partial charge in [0.1, 0.15) is 24.4 Å². The van der Waals surface area contributed by atoms with E-state index >= 15 is 0 Å². The highest BCUT2D eigenvalue weighted by Gasteiger charge is 2.44. The Kier molecular flexibility index (Phi) is 42.2. The molecule has 1 rings (SSSR count). The van der Waals surface area contributed by atoms with Crippen LogP contribution in [0, 0.1) is 0 Å². The van der Waals surface area contributed by atoms with Crippen molar-refractivity contribution in [1.82, 2.24) is 5.32 Å². The highest BCUT2D eigenvalue weighted by atomic mass is 16.7. The summed E-state index contributed by atoms with van der Waals surface area (Å²) in [5.41, 5.74) is 0. The molecule has 0 radical (unpaired) electrons. The SMILES string of the molecule is CCCCCCCC/C=C\CCCCCCCC(=O)NC(COC1OC(CO)C(O)C(O)C1O)C(O)/C=C/CCCCCCCCCCCCCCCCCCCCCCCCC. The molecule has 7 unspecified atom stereocenters. The Balaban J connectivity index is 2.24. The normalized spacial score (nSPS) is 20.3. The van der Waals surface area contributed by atoms with Crippen LogP contribution in [-0.4, -0.2) is 87.5 Å². The van der Waals surface area contributed by atoms with Crippen molar-refractivity contribution in [1.29, 1.82) is 0 Å². The molecule has 0 bridgehead atoms. The van der Waals surface area contributed by atoms with Crippen LogP contribution in [0.25, 0.3) is 0 Å². The van der Waals surface area contributed by atoms with Crippen LogP contribution in [0.1, 0.15) is 258 Å². The van der Waals surface area contributed by atoms with Crippen LogP contribution in [0.15, 0.2) is 24.3 Å². The third-order valence-corrected chi connectivity index (χ3v) is 13.0. The van der Waals surface area contributed by atoms with Gasteiger partial charge in [-0.2, -0.15) is 0 Å². The van der Waals surface area contributed by atoms with Gasteiger partial charge in [0, 0.05) is 6.42 Å². The Morgan fingerprint density at radius 3 is 1.29 bits per heavy atom. The molecule has 0 aromatic carbocycles. The van der Waals surface area contributed by atoms with Crippen LogP contribution in [0.2, 0.25) is 0 Å². The Morgan fingerprint density at radius 1 is 0.524 bits per heavy atom. The standard InChI is InChI=1S/C54H103NO8/c1-3-5-7-9-11-13-15-17-19-20-21-22-23-24-25-26-27-28-30-31-33-35-37-39-41-43-48(57)47(46-62-54-53(61)52(60)51(59)49(45-56)63-54)55-50(58)44-42-40-38-36-34-32-29-18-16-14-12-10-8-6-4-2/h18,29,41,43,47-49,51-54,56-57,59-61H,3-17,19-28,30-40,42,44-46H2,1-2H3,(H,55,58)/b29-18-,43-41+. The Labute approximate surface area is 388 Å². The van der Waals surface area contributed by atoms with Crippen molar-refractivity contribution < 1.29 is 39.8 Å². The maximum atomic E-state index is 13.0. The third-order valence-electron chi connectivity index (χ3n) is 13.0. The maximum Gasteiger partial charge on any atom is 0.220 e. The van der Waals surface area contributed by atoms with E-state index in [0.717, 1.165) is 57.8 Å². The quantitative estimate of drug-likeness (QED) is 0.0261. The van der Waals surface area contributed by atoms with E-state index in [0.29, 0.717) is 6.42 Å². The molecule has 1 aliphatic heterocycles. The first-order chi connectivity index (χ1) is 30.8. The van der Waals surface area contributed by atoms with E-state index in [9.17, 15) is 30.3 Å². The van der Waals surface area contributed by atoms with E-state index in [1.54, 1.807) is 6.08 Å². The van der Waals surface area contributed by atoms with Crippen molar-refractivity contribution in [2.75, 3.05) is 13.2 Å². The summed E-state index contributed by atoms with van der Waals surface area (Å²) in [6.45, 7) is 3.79. The van der Waals surface area contributed by atoms with Crippen LogP contribution in [0.4, 0.5) is 0 Å². The van der Waals surface area contributed by atoms with E-state index in [1.165, 1.54) is 180 Å². The summed E-state index contributed by atoms with van der Waals surface area (Å²) < 4.78 is 11.2. The fourth-order valence-electron chi connectivity index (χ4n) is 8.68. The number of ether oxygens (including phenoxy) is 2. The average molecular weight is 894 g/mol. The van der Waals surface area contributed by atoms with E-state index in [4.69, 9.17) is 9.47 Å². The van der Waals surface area contributed by atoms with E-state index in [-0.39, 0.29) is 12.5 Å². The molecule has 372 valence electrons. The Morgan fingerprint density at radius 2 is 0.889 bits per heavy atom. The van der Waals surface area contributed by atoms with Crippen LogP contribution >= 0.6 is 0 Å². The average Bonchev–Trinajstić information content (AvgIpc) is 3.28. The molecule has 1 saturated heterocycles. The predicted molar refractivity (Wildman–Crippen MR) is 263 cm³/mol. The topological polar surface area (TPSA) is 149 Å². The monoisotopic (exact) mass is 894 g/mol. The molecular formula is C54H103NO8. The number of nitrogens with one attached hydrogen (secondary N) is 1. The van der Waals surface area contributed by atoms with Crippen LogP contribution in [0.3, 0.4) is 0 Å². The van der Waals surface area contributed by atoms with Gasteiger partial charge >= 0.3 is 0 Å². The molecule has 7 atom stereocenters. The zero-order valence-corrected chi connectivity index (χ0v) is 41.1. The van der Waals surface area contributed by atoms with E-state index in [1.807, 2.05) is 6.08 Å². The van der Waals surface area contributed by atoms with E-state index in [2.05, 4.69) is 31.3 Å². The number of carbonyl (C=O) groups is 1. The number of aliphatic hydroxyl groups is 5. The minimum atomic E-state index is -1.57. The molecule has 1 fully saturated rings. The van der Waals surface area contributed by atoms with Crippen molar-refractivity contribution in [2.45, 2.75) is 301 Å². The number of hydrogen-bond donors (Lipinski definition) is 6. The van der Waals surface area contributed by atoms with Crippen molar-refractivity contribution in [3.05, 3.63) is 24.3 Å². The Bertz CT molecular complexity index is 1040. The number of hydrogen-bond acceptors (Lipinski definition) is 8. The second kappa shape index (κ2) is 44.5. The van der Waals surface area contributed by atoms with E-state index < -0.39 is 49.5 Å². The van der Waals surface area contributed by atoms with Gasteiger partial charge in [0.15, 0.2) is 6.29 Å². The van der Waals surface area contributed by atoms with Crippen molar-refractivity contribution in [2.24, 2.45) is 0 Å². The first-order valence-electron chi connectivity index (χ1n) is 27.1. The van der Waals surface area contributed by atoms with Gasteiger partial charge in [-0.05, 0) is 44.9 Å². The summed E-state index contributed by atoms with van der Waals surface area (Å²) in [6.07, 6.45) is 48.1. The van der Waals surface area contributed by atoms with Gasteiger partial charge in [-0.15, -0.1) is 0 Å². The number of aliphatic hydroxyl groups excluding tert-OH is 5. The number of rotatable bonds is 46. The first-order valence-corrected chi connectivity index (χ1v) is 27.1. The zero-order valence-electron chi connectivity index (χ0n) is 41.1. The third kappa shape index (κ3) is 34.6. The number of unbranched alkanes of at least 4 members (excludes halogenated alkanes) is 34. The summed E-state index contributed by atoms with van der Waals surface area (Å²) in [5.74, 6) is -0.183. The fraction of sp³-hybridized carbons (Fsp3) is 0.907. The number of amides is 1. The molecule has 9 nitrogen and oxygen atoms in total. The summed E-state index contributed by atoms with van der Waals surface area (Å²) >= 11 is 0. The Hall–Kier alpha value is -1.33. The van der Waals surface area contributed by atoms with Crippen molar-refractivity contribution >= 4 is 5.91 Å². The first kappa shape index (κ1) is 59.7. The van der Waals surface area contributed by atoms with Gasteiger partial charge in [-0.3, -0.25) is 4.79 Å². The van der Waals surface area contributed by atoms with Gasteiger partial charge in [0.25, 0.3) is 0 Å². The molecule has 1 heterocycles. The molecule has 0 aromatic rings. The highest BCUT2D eigenvalue weighted by molar-refractivity contribution is 5.76. The molecule has 0 saturated carbocycles. The van der Waals surface area contributed by atoms with Crippen molar-refractivity contribution in [3.8, 4) is 0 Å². The fourth-order valence-corrected chi connectivity index (χ4v) is 8.68. The second-order valence-electron chi connectivity index (χ2n) is 19.0. The van der Waals surface area contributed by atoms with Crippen LogP contribution in [0.5, 0.6) is 0 Å². The summed E-state index contributed by atoms with van der Waals surface area (Å²) in [4.78, 5) is 13.0. The summed E-state index contributed by atoms with van der Waals surface area (Å²) in [7, 11) is 0. The lowest BCUT2D eigenvalue weighted by Gasteiger charge is -2.40. The van der Waals surface area contributed by atoms with Crippen molar-refractivity contribution in [3.63, 3.8) is 0 Å². The minimum Gasteiger partial charge on any atom is -0.394 e. The highest BCUT2D eigenvalue weighted by Crippen LogP contribution is 2.23. The predicted octanol–water partition coefficient (Wildman–Crippen LogP) is 12.6. The molecule has 6 N–H and O–H groups in total. The second-order valence-corrected chi connectivity index (χ2v) is 19.0. The van der Waals surface area contributed by atoms with Gasteiger partial charge in [0.05, 0.1) is 25.4 Å². The van der Waals surface area contributed by atoms with Gasteiger partial charge < -0.3 is 40.3 Å². The van der Waals surface area contributed by atoms with Gasteiger partial charge in [-0.1, -0.05) is 231 Å². The summed E-state index contributed by atoms with van der Waals surface area (Å²) in [6, 6.07) is -0.807. The van der Waals surface area contributed by atoms with Crippen LogP contribution < -0.4 is 5.32 Å². The lowest BCUT2D eigenvalue weighted by molar-refractivity contribution is -0.302. The number of carbonyl (C=O) groups excluding carboxylic acids is 1. The van der Waals surface area contributed by atoms with Gasteiger partial charge in [0.2, 0.25) is 5.91 Å². The molecule has 0 spiro atoms. The molecular weight excluding hydrogens is 791 g/mol. The lowest BCUT2D eigenvalue weighted by Crippen LogP contribution is -2.60. The molecule has 1 amide bonds. The maximum absolute atomic E-state index is 13.0. The van der Waals surface area contributed by atoms with Gasteiger partial charge in [-0.25, -0.2) is 0 Å². The molecule has 63 heavy (non-hydrogen) atoms. The molecule has 0 aromatic heterocycles. The number of allylic oxidation sites excluding steroid dienone is 3. The largest absolute Gasteiger partial charge is 0.394 e. The smallest absolute Gasteiger partial charge is 0.220 e.